The molecular weight excluding hydrogens is 533 g/mol. The van der Waals surface area contributed by atoms with Crippen LogP contribution < -0.4 is 10.6 Å². The molecule has 2 rings (SSSR count). The molecule has 3 N–H and O–H groups in total. The number of aliphatic hydroxyl groups excluding tert-OH is 1. The van der Waals surface area contributed by atoms with Gasteiger partial charge in [0.2, 0.25) is 0 Å². The van der Waals surface area contributed by atoms with Crippen LogP contribution >= 0.6 is 74.2 Å². The highest BCUT2D eigenvalue weighted by Crippen LogP contribution is 2.26. The van der Waals surface area contributed by atoms with E-state index >= 15 is 0 Å². The molecule has 4 nitrogen and oxygen atoms in total. The smallest absolute Gasteiger partial charge is 0.191 e. The van der Waals surface area contributed by atoms with Gasteiger partial charge in [0.05, 0.1) is 10.9 Å². The van der Waals surface area contributed by atoms with Gasteiger partial charge >= 0.3 is 0 Å². The molecule has 0 bridgehead atoms. The third-order valence-corrected chi connectivity index (χ3v) is 5.76. The van der Waals surface area contributed by atoms with Gasteiger partial charge in [0.15, 0.2) is 5.96 Å². The van der Waals surface area contributed by atoms with Crippen LogP contribution in [0, 0.1) is 0 Å². The van der Waals surface area contributed by atoms with Crippen LogP contribution in [0.15, 0.2) is 33.0 Å². The molecule has 0 aromatic carbocycles. The lowest BCUT2D eigenvalue weighted by Gasteiger charge is -2.14. The second kappa shape index (κ2) is 10.9. The van der Waals surface area contributed by atoms with E-state index in [1.807, 2.05) is 18.4 Å². The lowest BCUT2D eigenvalue weighted by Crippen LogP contribution is -2.39. The highest BCUT2D eigenvalue weighted by Gasteiger charge is 2.11. The minimum Gasteiger partial charge on any atom is -0.386 e. The fourth-order valence-corrected chi connectivity index (χ4v) is 4.16. The third kappa shape index (κ3) is 7.27. The van der Waals surface area contributed by atoms with Crippen LogP contribution in [0.2, 0.25) is 4.34 Å². The molecule has 0 fully saturated rings. The molecule has 0 spiro atoms. The standard InChI is InChI=1S/C14H17BrClN3OS2.HI/c1-2-17-14(18-6-10-5-9(15)8-21-10)19-7-11(20)12-3-4-13(16)22-12;/h3-5,8,11,20H,2,6-7H2,1H3,(H2,17,18,19);1H. The van der Waals surface area contributed by atoms with Crippen LogP contribution in [0.5, 0.6) is 0 Å². The number of aliphatic hydroxyl groups is 1. The van der Waals surface area contributed by atoms with Crippen molar-refractivity contribution in [3.8, 4) is 0 Å². The van der Waals surface area contributed by atoms with Crippen LogP contribution in [0.4, 0.5) is 0 Å². The van der Waals surface area contributed by atoms with Crippen LogP contribution in [-0.2, 0) is 6.54 Å². The minimum atomic E-state index is -0.600. The van der Waals surface area contributed by atoms with Crippen molar-refractivity contribution in [2.75, 3.05) is 13.1 Å². The summed E-state index contributed by atoms with van der Waals surface area (Å²) < 4.78 is 1.75. The number of hydrogen-bond donors (Lipinski definition) is 3. The summed E-state index contributed by atoms with van der Waals surface area (Å²) >= 11 is 12.4. The number of hydrogen-bond acceptors (Lipinski definition) is 4. The summed E-state index contributed by atoms with van der Waals surface area (Å²) in [4.78, 5) is 6.54. The predicted octanol–water partition coefficient (Wildman–Crippen LogP) is 4.63. The molecule has 0 aliphatic rings. The lowest BCUT2D eigenvalue weighted by molar-refractivity contribution is 0.184. The number of aliphatic imine (C=N–C) groups is 1. The number of halogens is 3. The zero-order valence-corrected chi connectivity index (χ0v) is 18.7. The maximum atomic E-state index is 10.1. The van der Waals surface area contributed by atoms with Crippen LogP contribution in [0.3, 0.4) is 0 Å². The Hall–Kier alpha value is 0.130. The number of rotatable bonds is 6. The van der Waals surface area contributed by atoms with Gasteiger partial charge in [-0.15, -0.1) is 46.7 Å². The van der Waals surface area contributed by atoms with Crippen LogP contribution in [-0.4, -0.2) is 24.2 Å². The summed E-state index contributed by atoms with van der Waals surface area (Å²) in [7, 11) is 0. The van der Waals surface area contributed by atoms with Crippen molar-refractivity contribution in [1.29, 1.82) is 0 Å². The summed E-state index contributed by atoms with van der Waals surface area (Å²) in [5, 5.41) is 18.5. The zero-order chi connectivity index (χ0) is 15.9. The van der Waals surface area contributed by atoms with Crippen LogP contribution in [0.1, 0.15) is 22.8 Å². The van der Waals surface area contributed by atoms with Gasteiger partial charge in [-0.1, -0.05) is 11.6 Å². The Kier molecular flexibility index (Phi) is 10.0. The quantitative estimate of drug-likeness (QED) is 0.279. The fourth-order valence-electron chi connectivity index (χ4n) is 1.74. The highest BCUT2D eigenvalue weighted by molar-refractivity contribution is 14.0. The van der Waals surface area contributed by atoms with Crippen molar-refractivity contribution in [2.24, 2.45) is 4.99 Å². The average molecular weight is 551 g/mol. The number of nitrogens with one attached hydrogen (secondary N) is 2. The summed E-state index contributed by atoms with van der Waals surface area (Å²) in [5.41, 5.74) is 0. The molecule has 128 valence electrons. The van der Waals surface area contributed by atoms with E-state index in [9.17, 15) is 5.11 Å². The topological polar surface area (TPSA) is 56.7 Å². The fraction of sp³-hybridized carbons (Fsp3) is 0.357. The normalized spacial score (nSPS) is 12.6. The molecule has 0 amide bonds. The summed E-state index contributed by atoms with van der Waals surface area (Å²) in [6.45, 7) is 3.76. The molecule has 0 saturated carbocycles. The SMILES string of the molecule is CCNC(=NCc1cc(Br)cs1)NCC(O)c1ccc(Cl)s1.I. The van der Waals surface area contributed by atoms with E-state index in [0.29, 0.717) is 23.4 Å². The van der Waals surface area contributed by atoms with Crippen LogP contribution in [0.25, 0.3) is 0 Å². The first-order chi connectivity index (χ1) is 10.6. The molecule has 2 heterocycles. The lowest BCUT2D eigenvalue weighted by atomic mass is 10.3. The average Bonchev–Trinajstić information content (AvgIpc) is 3.10. The van der Waals surface area contributed by atoms with E-state index in [-0.39, 0.29) is 24.0 Å². The van der Waals surface area contributed by atoms with E-state index in [0.717, 1.165) is 15.9 Å². The summed E-state index contributed by atoms with van der Waals surface area (Å²) in [5.74, 6) is 0.689. The Labute approximate surface area is 174 Å². The van der Waals surface area contributed by atoms with Gasteiger partial charge < -0.3 is 15.7 Å². The molecule has 0 saturated heterocycles. The Bertz CT molecular complexity index is 635. The van der Waals surface area contributed by atoms with Gasteiger partial charge in [-0.3, -0.25) is 0 Å². The second-order valence-electron chi connectivity index (χ2n) is 4.46. The highest BCUT2D eigenvalue weighted by atomic mass is 127. The number of nitrogens with zero attached hydrogens (tertiary/aromatic N) is 1. The molecule has 0 aliphatic carbocycles. The summed E-state index contributed by atoms with van der Waals surface area (Å²) in [6.07, 6.45) is -0.600. The van der Waals surface area contributed by atoms with Crippen molar-refractivity contribution in [2.45, 2.75) is 19.6 Å². The van der Waals surface area contributed by atoms with E-state index in [1.54, 1.807) is 17.4 Å². The van der Waals surface area contributed by atoms with E-state index < -0.39 is 6.10 Å². The van der Waals surface area contributed by atoms with Gasteiger partial charge in [0.25, 0.3) is 0 Å². The Morgan fingerprint density at radius 1 is 1.43 bits per heavy atom. The van der Waals surface area contributed by atoms with Crippen molar-refractivity contribution < 1.29 is 5.11 Å². The van der Waals surface area contributed by atoms with E-state index in [4.69, 9.17) is 11.6 Å². The zero-order valence-electron chi connectivity index (χ0n) is 12.4. The van der Waals surface area contributed by atoms with Gasteiger partial charge in [-0.05, 0) is 41.1 Å². The summed E-state index contributed by atoms with van der Waals surface area (Å²) in [6, 6.07) is 5.69. The van der Waals surface area contributed by atoms with Crippen molar-refractivity contribution in [1.82, 2.24) is 10.6 Å². The minimum absolute atomic E-state index is 0. The molecule has 23 heavy (non-hydrogen) atoms. The molecule has 9 heteroatoms. The molecule has 0 radical (unpaired) electrons. The maximum Gasteiger partial charge on any atom is 0.191 e. The molecule has 0 aliphatic heterocycles. The van der Waals surface area contributed by atoms with Gasteiger partial charge in [0.1, 0.15) is 6.10 Å². The Balaban J connectivity index is 0.00000264. The Morgan fingerprint density at radius 3 is 2.78 bits per heavy atom. The molecular formula is C14H18BrClIN3OS2. The van der Waals surface area contributed by atoms with Crippen molar-refractivity contribution in [3.05, 3.63) is 42.1 Å². The molecule has 1 atom stereocenters. The van der Waals surface area contributed by atoms with Crippen molar-refractivity contribution >= 4 is 80.1 Å². The molecule has 1 unspecified atom stereocenters. The van der Waals surface area contributed by atoms with Gasteiger partial charge in [-0.2, -0.15) is 0 Å². The van der Waals surface area contributed by atoms with E-state index in [2.05, 4.69) is 37.6 Å². The second-order valence-corrected chi connectivity index (χ2v) is 8.12. The Morgan fingerprint density at radius 2 is 2.22 bits per heavy atom. The van der Waals surface area contributed by atoms with E-state index in [1.165, 1.54) is 16.2 Å². The third-order valence-electron chi connectivity index (χ3n) is 2.74. The van der Waals surface area contributed by atoms with Crippen molar-refractivity contribution in [3.63, 3.8) is 0 Å². The first kappa shape index (κ1) is 21.2. The van der Waals surface area contributed by atoms with Gasteiger partial charge in [-0.25, -0.2) is 4.99 Å². The monoisotopic (exact) mass is 549 g/mol. The molecule has 2 aromatic rings. The molecule has 2 aromatic heterocycles. The number of thiophene rings is 2. The first-order valence-electron chi connectivity index (χ1n) is 6.77. The predicted molar refractivity (Wildman–Crippen MR) is 115 cm³/mol. The number of guanidine groups is 1. The first-order valence-corrected chi connectivity index (χ1v) is 9.63. The maximum absolute atomic E-state index is 10.1. The largest absolute Gasteiger partial charge is 0.386 e. The van der Waals surface area contributed by atoms with Gasteiger partial charge in [0, 0.05) is 32.7 Å².